The monoisotopic (exact) mass is 629 g/mol. The number of hydrogen-bond donors (Lipinski definition) is 4. The molecule has 3 aromatic heterocycles. The Balaban J connectivity index is 0.999. The summed E-state index contributed by atoms with van der Waals surface area (Å²) < 4.78 is 0. The summed E-state index contributed by atoms with van der Waals surface area (Å²) >= 11 is 0. The molecule has 0 bridgehead atoms. The van der Waals surface area contributed by atoms with Crippen LogP contribution >= 0.6 is 0 Å². The van der Waals surface area contributed by atoms with Crippen molar-refractivity contribution < 1.29 is 24.2 Å². The third kappa shape index (κ3) is 4.11. The maximum absolute atomic E-state index is 13.9. The Bertz CT molecular complexity index is 2310. The molecule has 3 aliphatic heterocycles. The Morgan fingerprint density at radius 1 is 0.660 bits per heavy atom. The molecule has 0 fully saturated rings. The molecule has 47 heavy (non-hydrogen) atoms. The number of nitrogens with two attached hydrogens (primary N) is 1. The van der Waals surface area contributed by atoms with Gasteiger partial charge in [-0.15, -0.1) is 0 Å². The summed E-state index contributed by atoms with van der Waals surface area (Å²) in [5.74, 6) is -0.204. The molecule has 9 rings (SSSR count). The zero-order valence-electron chi connectivity index (χ0n) is 25.6. The smallest absolute Gasteiger partial charge is 0.319 e. The molecule has 236 valence electrons. The highest BCUT2D eigenvalue weighted by Crippen LogP contribution is 2.39. The van der Waals surface area contributed by atoms with Crippen LogP contribution in [0, 0.1) is 0 Å². The number of nitrogens with one attached hydrogen (secondary N) is 3. The number of aromatic amines is 3. The van der Waals surface area contributed by atoms with Crippen LogP contribution in [0.3, 0.4) is 0 Å². The van der Waals surface area contributed by atoms with E-state index in [4.69, 9.17) is 15.5 Å². The van der Waals surface area contributed by atoms with E-state index in [0.717, 1.165) is 78.6 Å². The van der Waals surface area contributed by atoms with Crippen molar-refractivity contribution in [2.24, 2.45) is 5.73 Å². The van der Waals surface area contributed by atoms with E-state index in [2.05, 4.69) is 21.0 Å². The molecule has 3 aromatic carbocycles. The quantitative estimate of drug-likeness (QED) is 0.155. The lowest BCUT2D eigenvalue weighted by Gasteiger charge is -2.16. The van der Waals surface area contributed by atoms with Gasteiger partial charge in [0, 0.05) is 75.1 Å². The topological polar surface area (TPSA) is 153 Å². The van der Waals surface area contributed by atoms with Gasteiger partial charge in [0.15, 0.2) is 0 Å². The van der Waals surface area contributed by atoms with Crippen LogP contribution in [0.5, 0.6) is 0 Å². The number of fused-ring (bicyclic) bond motifs is 9. The van der Waals surface area contributed by atoms with Crippen molar-refractivity contribution in [3.8, 4) is 0 Å². The second kappa shape index (κ2) is 10.2. The third-order valence-electron chi connectivity index (χ3n) is 9.90. The minimum absolute atomic E-state index is 0.0852. The molecule has 0 saturated heterocycles. The van der Waals surface area contributed by atoms with Crippen molar-refractivity contribution in [1.29, 1.82) is 0 Å². The van der Waals surface area contributed by atoms with Crippen LogP contribution in [0.25, 0.3) is 32.7 Å². The number of hydrogen-bond acceptors (Lipinski definition) is 5. The van der Waals surface area contributed by atoms with E-state index >= 15 is 0 Å². The van der Waals surface area contributed by atoms with Crippen LogP contribution in [0.2, 0.25) is 0 Å². The molecule has 6 heterocycles. The first-order valence-corrected chi connectivity index (χ1v) is 15.7. The molecule has 4 amide bonds. The van der Waals surface area contributed by atoms with Crippen LogP contribution in [0.15, 0.2) is 54.6 Å². The number of aromatic nitrogens is 3. The first kappa shape index (κ1) is 27.7. The molecule has 0 radical (unpaired) electrons. The van der Waals surface area contributed by atoms with Crippen LogP contribution in [-0.2, 0) is 35.6 Å². The lowest BCUT2D eigenvalue weighted by molar-refractivity contribution is -0.282. The number of nitrogens with zero attached hydrogens (tertiary/aromatic N) is 3. The van der Waals surface area contributed by atoms with Gasteiger partial charge in [-0.25, -0.2) is 14.6 Å². The Kier molecular flexibility index (Phi) is 6.02. The summed E-state index contributed by atoms with van der Waals surface area (Å²) in [4.78, 5) is 64.7. The molecule has 0 unspecified atom stereocenters. The normalized spacial score (nSPS) is 15.3. The van der Waals surface area contributed by atoms with E-state index in [1.807, 2.05) is 53.4 Å². The second-order valence-electron chi connectivity index (χ2n) is 12.3. The van der Waals surface area contributed by atoms with Gasteiger partial charge in [-0.1, -0.05) is 0 Å². The number of benzene rings is 3. The summed E-state index contributed by atoms with van der Waals surface area (Å²) in [6.07, 6.45) is 2.12. The Labute approximate surface area is 267 Å². The van der Waals surface area contributed by atoms with Gasteiger partial charge in [0.05, 0.1) is 7.11 Å². The zero-order chi connectivity index (χ0) is 32.0. The highest BCUT2D eigenvalue weighted by molar-refractivity contribution is 6.13. The molecule has 12 nitrogen and oxygen atoms in total. The molecule has 3 aliphatic rings. The molecule has 6 aromatic rings. The SMILES string of the molecule is COOCc1cc2c3c(ccc2[nH]1)N(C(=O)c1cc2c4c(ccc2[nH]1)N(C(=O)c1cc2c5c(ccc2[nH]1)N(C(N)=O)CC5)CC4)CC3. The van der Waals surface area contributed by atoms with E-state index in [1.54, 1.807) is 9.80 Å². The maximum atomic E-state index is 13.9. The number of carbonyl (C=O) groups is 3. The van der Waals surface area contributed by atoms with Crippen molar-refractivity contribution >= 4 is 67.6 Å². The van der Waals surface area contributed by atoms with Crippen LogP contribution in [-0.4, -0.2) is 59.5 Å². The van der Waals surface area contributed by atoms with Gasteiger partial charge in [-0.05, 0) is 90.6 Å². The molecule has 0 spiro atoms. The molecular weight excluding hydrogens is 598 g/mol. The minimum Gasteiger partial charge on any atom is -0.356 e. The summed E-state index contributed by atoms with van der Waals surface area (Å²) in [6, 6.07) is 17.0. The minimum atomic E-state index is -0.476. The lowest BCUT2D eigenvalue weighted by atomic mass is 10.1. The van der Waals surface area contributed by atoms with Gasteiger partial charge in [0.2, 0.25) is 0 Å². The molecule has 0 saturated carbocycles. The Morgan fingerprint density at radius 2 is 1.11 bits per heavy atom. The number of carbonyl (C=O) groups excluding carboxylic acids is 3. The summed E-state index contributed by atoms with van der Waals surface area (Å²) in [5, 5.41) is 2.96. The van der Waals surface area contributed by atoms with Crippen molar-refractivity contribution in [3.63, 3.8) is 0 Å². The van der Waals surface area contributed by atoms with Crippen LogP contribution in [0.4, 0.5) is 21.9 Å². The number of primary amides is 1. The van der Waals surface area contributed by atoms with Crippen molar-refractivity contribution in [3.05, 3.63) is 88.4 Å². The number of amides is 4. The van der Waals surface area contributed by atoms with Gasteiger partial charge in [-0.2, -0.15) is 0 Å². The predicted molar refractivity (Wildman–Crippen MR) is 178 cm³/mol. The van der Waals surface area contributed by atoms with E-state index in [1.165, 1.54) is 7.11 Å². The Hall–Kier alpha value is -5.59. The van der Waals surface area contributed by atoms with E-state index in [0.29, 0.717) is 50.5 Å². The van der Waals surface area contributed by atoms with Crippen LogP contribution in [0.1, 0.15) is 43.4 Å². The number of H-pyrrole nitrogens is 3. The lowest BCUT2D eigenvalue weighted by Crippen LogP contribution is -2.33. The molecule has 0 aliphatic carbocycles. The fourth-order valence-electron chi connectivity index (χ4n) is 7.77. The van der Waals surface area contributed by atoms with Crippen molar-refractivity contribution in [1.82, 2.24) is 15.0 Å². The fourth-order valence-corrected chi connectivity index (χ4v) is 7.77. The highest BCUT2D eigenvalue weighted by atomic mass is 17.2. The van der Waals surface area contributed by atoms with Crippen molar-refractivity contribution in [2.75, 3.05) is 41.4 Å². The largest absolute Gasteiger partial charge is 0.356 e. The first-order valence-electron chi connectivity index (χ1n) is 15.7. The molecule has 5 N–H and O–H groups in total. The Morgan fingerprint density at radius 3 is 1.60 bits per heavy atom. The van der Waals surface area contributed by atoms with Gasteiger partial charge >= 0.3 is 6.03 Å². The second-order valence-corrected chi connectivity index (χ2v) is 12.3. The van der Waals surface area contributed by atoms with Crippen LogP contribution < -0.4 is 20.4 Å². The van der Waals surface area contributed by atoms with Crippen molar-refractivity contribution in [2.45, 2.75) is 25.9 Å². The van der Waals surface area contributed by atoms with Gasteiger partial charge in [0.25, 0.3) is 11.8 Å². The van der Waals surface area contributed by atoms with Gasteiger partial charge < -0.3 is 30.5 Å². The van der Waals surface area contributed by atoms with E-state index < -0.39 is 6.03 Å². The average Bonchev–Trinajstić information content (AvgIpc) is 3.91. The van der Waals surface area contributed by atoms with Gasteiger partial charge in [-0.3, -0.25) is 14.5 Å². The summed E-state index contributed by atoms with van der Waals surface area (Å²) in [5.41, 5.74) is 15.9. The standard InChI is InChI=1S/C35H31N7O5/c1-46-47-17-18-14-22-19-8-11-40(30(19)5-2-25(22)37-18)33(43)28-15-23-20-9-12-41(31(20)6-3-26(23)38-28)34(44)29-16-24-21-10-13-42(35(36)45)32(21)7-4-27(24)39-29/h2-7,14-16,37-39H,8-13,17H2,1H3,(H2,36,45). The molecule has 0 atom stereocenters. The average molecular weight is 630 g/mol. The molecular formula is C35H31N7O5. The summed E-state index contributed by atoms with van der Waals surface area (Å²) in [7, 11) is 1.48. The number of anilines is 3. The maximum Gasteiger partial charge on any atom is 0.319 e. The van der Waals surface area contributed by atoms with E-state index in [9.17, 15) is 14.4 Å². The zero-order valence-corrected chi connectivity index (χ0v) is 25.6. The number of urea groups is 1. The summed E-state index contributed by atoms with van der Waals surface area (Å²) in [6.45, 7) is 1.97. The highest BCUT2D eigenvalue weighted by Gasteiger charge is 2.32. The predicted octanol–water partition coefficient (Wildman–Crippen LogP) is 5.06. The first-order chi connectivity index (χ1) is 22.9. The van der Waals surface area contributed by atoms with Gasteiger partial charge in [0.1, 0.15) is 18.0 Å². The molecule has 12 heteroatoms. The fraction of sp³-hybridized carbons (Fsp3) is 0.229. The number of rotatable bonds is 5. The van der Waals surface area contributed by atoms with E-state index in [-0.39, 0.29) is 11.8 Å². The third-order valence-corrected chi connectivity index (χ3v) is 9.90.